The molecule has 1 atom stereocenters. The normalized spacial score (nSPS) is 22.5. The zero-order valence-electron chi connectivity index (χ0n) is 13.4. The second kappa shape index (κ2) is 6.40. The largest absolute Gasteiger partial charge is 0.338 e. The molecular weight excluding hydrogens is 332 g/mol. The highest BCUT2D eigenvalue weighted by atomic mass is 32.2. The van der Waals surface area contributed by atoms with Crippen molar-refractivity contribution in [2.75, 3.05) is 39.8 Å². The van der Waals surface area contributed by atoms with Crippen LogP contribution in [0.5, 0.6) is 0 Å². The van der Waals surface area contributed by atoms with Crippen molar-refractivity contribution >= 4 is 22.0 Å². The van der Waals surface area contributed by atoms with Gasteiger partial charge < -0.3 is 15.1 Å². The lowest BCUT2D eigenvalue weighted by atomic mass is 10.2. The summed E-state index contributed by atoms with van der Waals surface area (Å²) in [4.78, 5) is 27.2. The van der Waals surface area contributed by atoms with Gasteiger partial charge in [-0.05, 0) is 12.1 Å². The fourth-order valence-corrected chi connectivity index (χ4v) is 4.36. The molecule has 130 valence electrons. The number of benzene rings is 1. The van der Waals surface area contributed by atoms with Gasteiger partial charge in [0.2, 0.25) is 15.9 Å². The molecule has 0 aromatic heterocycles. The molecule has 0 spiro atoms. The summed E-state index contributed by atoms with van der Waals surface area (Å²) in [6.07, 6.45) is 0. The zero-order chi connectivity index (χ0) is 17.3. The van der Waals surface area contributed by atoms with Gasteiger partial charge in [-0.1, -0.05) is 18.2 Å². The number of carbonyl (C=O) groups excluding carboxylic acids is 2. The SMILES string of the molecule is CN1C[C@H](C(=O)N2CCN(S(=O)(=O)c3ccccc3)CC2)NC1=O. The molecule has 24 heavy (non-hydrogen) atoms. The van der Waals surface area contributed by atoms with Gasteiger partial charge in [0, 0.05) is 33.2 Å². The fourth-order valence-electron chi connectivity index (χ4n) is 2.91. The van der Waals surface area contributed by atoms with E-state index in [1.807, 2.05) is 0 Å². The summed E-state index contributed by atoms with van der Waals surface area (Å²) in [7, 11) is -1.90. The quantitative estimate of drug-likeness (QED) is 0.797. The van der Waals surface area contributed by atoms with E-state index in [-0.39, 0.29) is 29.9 Å². The van der Waals surface area contributed by atoms with Crippen LogP contribution < -0.4 is 5.32 Å². The van der Waals surface area contributed by atoms with E-state index in [1.165, 1.54) is 9.21 Å². The van der Waals surface area contributed by atoms with Crippen LogP contribution in [0.2, 0.25) is 0 Å². The van der Waals surface area contributed by atoms with E-state index in [4.69, 9.17) is 0 Å². The molecule has 1 aromatic rings. The van der Waals surface area contributed by atoms with Gasteiger partial charge in [-0.2, -0.15) is 4.31 Å². The van der Waals surface area contributed by atoms with Crippen molar-refractivity contribution in [2.24, 2.45) is 0 Å². The first-order valence-electron chi connectivity index (χ1n) is 7.75. The van der Waals surface area contributed by atoms with Crippen molar-refractivity contribution in [2.45, 2.75) is 10.9 Å². The number of sulfonamides is 1. The zero-order valence-corrected chi connectivity index (χ0v) is 14.2. The van der Waals surface area contributed by atoms with Crippen LogP contribution in [0, 0.1) is 0 Å². The lowest BCUT2D eigenvalue weighted by molar-refractivity contribution is -0.134. The van der Waals surface area contributed by atoms with Crippen LogP contribution >= 0.6 is 0 Å². The Morgan fingerprint density at radius 3 is 2.29 bits per heavy atom. The number of urea groups is 1. The molecule has 0 saturated carbocycles. The lowest BCUT2D eigenvalue weighted by Crippen LogP contribution is -2.54. The summed E-state index contributed by atoms with van der Waals surface area (Å²) in [6, 6.07) is 7.45. The number of hydrogen-bond donors (Lipinski definition) is 1. The lowest BCUT2D eigenvalue weighted by Gasteiger charge is -2.35. The first-order valence-corrected chi connectivity index (χ1v) is 9.19. The molecule has 1 aromatic carbocycles. The van der Waals surface area contributed by atoms with Gasteiger partial charge in [-0.15, -0.1) is 0 Å². The Labute approximate surface area is 141 Å². The third kappa shape index (κ3) is 3.09. The highest BCUT2D eigenvalue weighted by molar-refractivity contribution is 7.89. The van der Waals surface area contributed by atoms with Crippen molar-refractivity contribution in [3.05, 3.63) is 30.3 Å². The van der Waals surface area contributed by atoms with Gasteiger partial charge in [-0.3, -0.25) is 4.79 Å². The Morgan fingerprint density at radius 2 is 1.75 bits per heavy atom. The number of carbonyl (C=O) groups is 2. The van der Waals surface area contributed by atoms with Crippen molar-refractivity contribution in [1.29, 1.82) is 0 Å². The second-order valence-corrected chi connectivity index (χ2v) is 7.86. The van der Waals surface area contributed by atoms with Gasteiger partial charge >= 0.3 is 6.03 Å². The summed E-state index contributed by atoms with van der Waals surface area (Å²) >= 11 is 0. The van der Waals surface area contributed by atoms with Gasteiger partial charge in [0.25, 0.3) is 0 Å². The Kier molecular flexibility index (Phi) is 4.46. The third-order valence-corrected chi connectivity index (χ3v) is 6.24. The Bertz CT molecular complexity index is 729. The average molecular weight is 352 g/mol. The van der Waals surface area contributed by atoms with Crippen molar-refractivity contribution < 1.29 is 18.0 Å². The van der Waals surface area contributed by atoms with E-state index < -0.39 is 16.1 Å². The van der Waals surface area contributed by atoms with Crippen molar-refractivity contribution in [1.82, 2.24) is 19.4 Å². The molecule has 2 aliphatic heterocycles. The molecule has 8 nitrogen and oxygen atoms in total. The summed E-state index contributed by atoms with van der Waals surface area (Å²) < 4.78 is 26.5. The minimum absolute atomic E-state index is 0.163. The molecule has 2 fully saturated rings. The predicted octanol–water partition coefficient (Wildman–Crippen LogP) is -0.457. The van der Waals surface area contributed by atoms with Gasteiger partial charge in [-0.25, -0.2) is 13.2 Å². The van der Waals surface area contributed by atoms with Crippen LogP contribution in [-0.4, -0.2) is 80.3 Å². The van der Waals surface area contributed by atoms with Crippen molar-refractivity contribution in [3.63, 3.8) is 0 Å². The molecule has 2 aliphatic rings. The van der Waals surface area contributed by atoms with E-state index >= 15 is 0 Å². The number of nitrogens with one attached hydrogen (secondary N) is 1. The maximum atomic E-state index is 12.6. The van der Waals surface area contributed by atoms with Crippen LogP contribution in [-0.2, 0) is 14.8 Å². The number of nitrogens with zero attached hydrogens (tertiary/aromatic N) is 3. The van der Waals surface area contributed by atoms with E-state index in [0.717, 1.165) is 0 Å². The molecule has 0 unspecified atom stereocenters. The number of rotatable bonds is 3. The van der Waals surface area contributed by atoms with E-state index in [2.05, 4.69) is 5.32 Å². The molecule has 3 amide bonds. The van der Waals surface area contributed by atoms with E-state index in [1.54, 1.807) is 42.3 Å². The van der Waals surface area contributed by atoms with Crippen LogP contribution in [0.3, 0.4) is 0 Å². The topological polar surface area (TPSA) is 90.0 Å². The van der Waals surface area contributed by atoms with E-state index in [0.29, 0.717) is 19.6 Å². The first-order chi connectivity index (χ1) is 11.4. The number of amides is 3. The maximum Gasteiger partial charge on any atom is 0.317 e. The van der Waals surface area contributed by atoms with Crippen LogP contribution in [0.4, 0.5) is 4.79 Å². The minimum Gasteiger partial charge on any atom is -0.338 e. The van der Waals surface area contributed by atoms with E-state index in [9.17, 15) is 18.0 Å². The highest BCUT2D eigenvalue weighted by Gasteiger charge is 2.36. The average Bonchev–Trinajstić information content (AvgIpc) is 2.94. The van der Waals surface area contributed by atoms with Crippen LogP contribution in [0.1, 0.15) is 0 Å². The molecule has 9 heteroatoms. The van der Waals surface area contributed by atoms with Crippen LogP contribution in [0.15, 0.2) is 35.2 Å². The first kappa shape index (κ1) is 16.7. The molecule has 2 saturated heterocycles. The maximum absolute atomic E-state index is 12.6. The number of piperazine rings is 1. The van der Waals surface area contributed by atoms with Crippen LogP contribution in [0.25, 0.3) is 0 Å². The smallest absolute Gasteiger partial charge is 0.317 e. The summed E-state index contributed by atoms with van der Waals surface area (Å²) in [5.41, 5.74) is 0. The summed E-state index contributed by atoms with van der Waals surface area (Å²) in [5, 5.41) is 2.63. The standard InChI is InChI=1S/C15H20N4O4S/c1-17-11-13(16-15(17)21)14(20)18-7-9-19(10-8-18)24(22,23)12-5-3-2-4-6-12/h2-6,13H,7-11H2,1H3,(H,16,21)/t13-/m1/s1. The molecule has 3 rings (SSSR count). The predicted molar refractivity (Wildman–Crippen MR) is 86.7 cm³/mol. The highest BCUT2D eigenvalue weighted by Crippen LogP contribution is 2.18. The Balaban J connectivity index is 1.62. The molecule has 0 aliphatic carbocycles. The molecule has 0 bridgehead atoms. The number of likely N-dealkylation sites (N-methyl/N-ethyl adjacent to an activating group) is 1. The molecule has 1 N–H and O–H groups in total. The summed E-state index contributed by atoms with van der Waals surface area (Å²) in [5.74, 6) is -0.163. The van der Waals surface area contributed by atoms with Crippen molar-refractivity contribution in [3.8, 4) is 0 Å². The van der Waals surface area contributed by atoms with Gasteiger partial charge in [0.15, 0.2) is 0 Å². The monoisotopic (exact) mass is 352 g/mol. The third-order valence-electron chi connectivity index (χ3n) is 4.33. The van der Waals surface area contributed by atoms with Gasteiger partial charge in [0.1, 0.15) is 6.04 Å². The Hall–Kier alpha value is -2.13. The Morgan fingerprint density at radius 1 is 1.12 bits per heavy atom. The number of hydrogen-bond acceptors (Lipinski definition) is 4. The molecule has 0 radical (unpaired) electrons. The fraction of sp³-hybridized carbons (Fsp3) is 0.467. The second-order valence-electron chi connectivity index (χ2n) is 5.93. The minimum atomic E-state index is -3.53. The molecular formula is C15H20N4O4S. The molecule has 2 heterocycles. The van der Waals surface area contributed by atoms with Gasteiger partial charge in [0.05, 0.1) is 11.4 Å². The summed E-state index contributed by atoms with van der Waals surface area (Å²) in [6.45, 7) is 1.47.